The standard InChI is InChI=1S/C24H30N2O2/c1-19-5-2-3-7-22(19)17-21-11-9-20(10-12-21)6-4-8-24(28)25-14-16-26-15-13-23(27)18-26/h2-3,5,7,9-12H,4,6,8,13-18H2,1H3,(H,25,28). The van der Waals surface area contributed by atoms with Crippen LogP contribution in [-0.4, -0.2) is 42.8 Å². The molecule has 28 heavy (non-hydrogen) atoms. The predicted molar refractivity (Wildman–Crippen MR) is 112 cm³/mol. The number of nitrogens with one attached hydrogen (secondary N) is 1. The maximum Gasteiger partial charge on any atom is 0.220 e. The molecule has 0 aromatic heterocycles. The summed E-state index contributed by atoms with van der Waals surface area (Å²) in [7, 11) is 0. The Morgan fingerprint density at radius 2 is 1.82 bits per heavy atom. The molecular weight excluding hydrogens is 348 g/mol. The van der Waals surface area contributed by atoms with Crippen molar-refractivity contribution in [3.05, 3.63) is 70.8 Å². The molecule has 1 heterocycles. The van der Waals surface area contributed by atoms with Gasteiger partial charge in [0.2, 0.25) is 5.91 Å². The largest absolute Gasteiger partial charge is 0.355 e. The average molecular weight is 379 g/mol. The Labute approximate surface area is 167 Å². The Morgan fingerprint density at radius 1 is 1.07 bits per heavy atom. The molecule has 0 radical (unpaired) electrons. The number of benzene rings is 2. The van der Waals surface area contributed by atoms with E-state index in [2.05, 4.69) is 65.7 Å². The van der Waals surface area contributed by atoms with E-state index in [0.29, 0.717) is 31.7 Å². The first kappa shape index (κ1) is 20.3. The highest BCUT2D eigenvalue weighted by Gasteiger charge is 2.18. The number of carbonyl (C=O) groups excluding carboxylic acids is 2. The van der Waals surface area contributed by atoms with Crippen LogP contribution in [0.5, 0.6) is 0 Å². The lowest BCUT2D eigenvalue weighted by Crippen LogP contribution is -2.33. The summed E-state index contributed by atoms with van der Waals surface area (Å²) in [6.45, 7) is 4.91. The van der Waals surface area contributed by atoms with Gasteiger partial charge in [-0.2, -0.15) is 0 Å². The normalized spacial score (nSPS) is 14.4. The van der Waals surface area contributed by atoms with Crippen LogP contribution in [0.1, 0.15) is 41.5 Å². The molecule has 1 aliphatic heterocycles. The van der Waals surface area contributed by atoms with Crippen molar-refractivity contribution in [2.75, 3.05) is 26.2 Å². The number of ketones is 1. The Balaban J connectivity index is 1.34. The van der Waals surface area contributed by atoms with Crippen molar-refractivity contribution in [3.63, 3.8) is 0 Å². The fourth-order valence-corrected chi connectivity index (χ4v) is 3.63. The van der Waals surface area contributed by atoms with Gasteiger partial charge in [-0.1, -0.05) is 48.5 Å². The summed E-state index contributed by atoms with van der Waals surface area (Å²) in [6, 6.07) is 17.2. The second-order valence-corrected chi connectivity index (χ2v) is 7.69. The summed E-state index contributed by atoms with van der Waals surface area (Å²) in [5.41, 5.74) is 5.28. The van der Waals surface area contributed by atoms with E-state index in [9.17, 15) is 9.59 Å². The molecule has 3 rings (SSSR count). The molecule has 1 fully saturated rings. The molecule has 1 N–H and O–H groups in total. The number of carbonyl (C=O) groups is 2. The van der Waals surface area contributed by atoms with Crippen molar-refractivity contribution in [2.45, 2.75) is 39.0 Å². The van der Waals surface area contributed by atoms with Crippen LogP contribution in [0.3, 0.4) is 0 Å². The molecule has 0 unspecified atom stereocenters. The smallest absolute Gasteiger partial charge is 0.220 e. The highest BCUT2D eigenvalue weighted by atomic mass is 16.1. The van der Waals surface area contributed by atoms with Crippen molar-refractivity contribution in [1.29, 1.82) is 0 Å². The highest BCUT2D eigenvalue weighted by molar-refractivity contribution is 5.82. The number of rotatable bonds is 9. The fraction of sp³-hybridized carbons (Fsp3) is 0.417. The van der Waals surface area contributed by atoms with Gasteiger partial charge in [0.1, 0.15) is 5.78 Å². The zero-order valence-electron chi connectivity index (χ0n) is 16.7. The Hall–Kier alpha value is -2.46. The van der Waals surface area contributed by atoms with Gasteiger partial charge in [-0.25, -0.2) is 0 Å². The van der Waals surface area contributed by atoms with Crippen molar-refractivity contribution in [1.82, 2.24) is 10.2 Å². The number of hydrogen-bond donors (Lipinski definition) is 1. The third kappa shape index (κ3) is 6.31. The van der Waals surface area contributed by atoms with E-state index in [-0.39, 0.29) is 5.91 Å². The van der Waals surface area contributed by atoms with Crippen LogP contribution < -0.4 is 5.32 Å². The summed E-state index contributed by atoms with van der Waals surface area (Å²) < 4.78 is 0. The number of Topliss-reactive ketones (excluding diaryl/α,β-unsaturated/α-hetero) is 1. The minimum absolute atomic E-state index is 0.0988. The minimum Gasteiger partial charge on any atom is -0.355 e. The van der Waals surface area contributed by atoms with Crippen molar-refractivity contribution in [3.8, 4) is 0 Å². The zero-order chi connectivity index (χ0) is 19.8. The minimum atomic E-state index is 0.0988. The van der Waals surface area contributed by atoms with Gasteiger partial charge in [-0.05, 0) is 48.4 Å². The monoisotopic (exact) mass is 378 g/mol. The lowest BCUT2D eigenvalue weighted by molar-refractivity contribution is -0.121. The van der Waals surface area contributed by atoms with E-state index in [1.54, 1.807) is 0 Å². The van der Waals surface area contributed by atoms with Crippen LogP contribution in [0, 0.1) is 6.92 Å². The summed E-state index contributed by atoms with van der Waals surface area (Å²) >= 11 is 0. The molecule has 1 amide bonds. The summed E-state index contributed by atoms with van der Waals surface area (Å²) in [5, 5.41) is 2.96. The topological polar surface area (TPSA) is 49.4 Å². The number of likely N-dealkylation sites (tertiary alicyclic amines) is 1. The van der Waals surface area contributed by atoms with Gasteiger partial charge in [0.15, 0.2) is 0 Å². The van der Waals surface area contributed by atoms with Crippen molar-refractivity contribution >= 4 is 11.7 Å². The molecule has 4 heteroatoms. The Kier molecular flexibility index (Phi) is 7.38. The summed E-state index contributed by atoms with van der Waals surface area (Å²) in [5.74, 6) is 0.401. The van der Waals surface area contributed by atoms with Crippen molar-refractivity contribution < 1.29 is 9.59 Å². The number of aryl methyl sites for hydroxylation is 2. The maximum absolute atomic E-state index is 12.0. The van der Waals surface area contributed by atoms with Gasteiger partial charge >= 0.3 is 0 Å². The third-order valence-corrected chi connectivity index (χ3v) is 5.41. The lowest BCUT2D eigenvalue weighted by Gasteiger charge is -2.13. The molecule has 4 nitrogen and oxygen atoms in total. The first-order valence-electron chi connectivity index (χ1n) is 10.2. The Morgan fingerprint density at radius 3 is 2.54 bits per heavy atom. The third-order valence-electron chi connectivity index (χ3n) is 5.41. The van der Waals surface area contributed by atoms with E-state index < -0.39 is 0 Å². The highest BCUT2D eigenvalue weighted by Crippen LogP contribution is 2.15. The van der Waals surface area contributed by atoms with Crippen LogP contribution in [0.25, 0.3) is 0 Å². The maximum atomic E-state index is 12.0. The van der Waals surface area contributed by atoms with Gasteiger partial charge in [-0.3, -0.25) is 14.5 Å². The van der Waals surface area contributed by atoms with Crippen LogP contribution in [0.2, 0.25) is 0 Å². The van der Waals surface area contributed by atoms with Gasteiger partial charge in [0.25, 0.3) is 0 Å². The van der Waals surface area contributed by atoms with Gasteiger partial charge in [0, 0.05) is 32.5 Å². The quantitative estimate of drug-likeness (QED) is 0.728. The van der Waals surface area contributed by atoms with E-state index in [4.69, 9.17) is 0 Å². The number of amides is 1. The molecular formula is C24H30N2O2. The summed E-state index contributed by atoms with van der Waals surface area (Å²) in [4.78, 5) is 25.3. The molecule has 1 aliphatic rings. The molecule has 0 bridgehead atoms. The lowest BCUT2D eigenvalue weighted by atomic mass is 9.99. The average Bonchev–Trinajstić information content (AvgIpc) is 3.10. The van der Waals surface area contributed by atoms with Crippen molar-refractivity contribution in [2.24, 2.45) is 0 Å². The second-order valence-electron chi connectivity index (χ2n) is 7.69. The molecule has 0 atom stereocenters. The second kappa shape index (κ2) is 10.2. The molecule has 148 valence electrons. The number of nitrogens with zero attached hydrogens (tertiary/aromatic N) is 1. The molecule has 2 aromatic carbocycles. The molecule has 0 aliphatic carbocycles. The van der Waals surface area contributed by atoms with E-state index in [1.165, 1.54) is 22.3 Å². The first-order valence-corrected chi connectivity index (χ1v) is 10.2. The van der Waals surface area contributed by atoms with Crippen LogP contribution in [0.4, 0.5) is 0 Å². The van der Waals surface area contributed by atoms with Crippen LogP contribution in [0.15, 0.2) is 48.5 Å². The molecule has 2 aromatic rings. The Bertz CT molecular complexity index is 799. The van der Waals surface area contributed by atoms with E-state index >= 15 is 0 Å². The number of hydrogen-bond acceptors (Lipinski definition) is 3. The van der Waals surface area contributed by atoms with Crippen LogP contribution >= 0.6 is 0 Å². The fourth-order valence-electron chi connectivity index (χ4n) is 3.63. The SMILES string of the molecule is Cc1ccccc1Cc1ccc(CCCC(=O)NCCN2CCC(=O)C2)cc1. The molecule has 0 spiro atoms. The van der Waals surface area contributed by atoms with E-state index in [0.717, 1.165) is 32.4 Å². The zero-order valence-corrected chi connectivity index (χ0v) is 16.7. The van der Waals surface area contributed by atoms with Crippen LogP contribution in [-0.2, 0) is 22.4 Å². The summed E-state index contributed by atoms with van der Waals surface area (Å²) in [6.07, 6.45) is 3.92. The van der Waals surface area contributed by atoms with Gasteiger partial charge in [0.05, 0.1) is 6.54 Å². The predicted octanol–water partition coefficient (Wildman–Crippen LogP) is 3.30. The molecule has 1 saturated heterocycles. The molecule has 0 saturated carbocycles. The van der Waals surface area contributed by atoms with Gasteiger partial charge in [-0.15, -0.1) is 0 Å². The first-order chi connectivity index (χ1) is 13.6. The van der Waals surface area contributed by atoms with E-state index in [1.807, 2.05) is 0 Å². The van der Waals surface area contributed by atoms with Gasteiger partial charge < -0.3 is 5.32 Å².